The highest BCUT2D eigenvalue weighted by Gasteiger charge is 2.39. The van der Waals surface area contributed by atoms with Crippen molar-refractivity contribution in [1.29, 1.82) is 5.41 Å². The summed E-state index contributed by atoms with van der Waals surface area (Å²) in [5.74, 6) is -1.10. The summed E-state index contributed by atoms with van der Waals surface area (Å²) in [6.45, 7) is 4.09. The van der Waals surface area contributed by atoms with Gasteiger partial charge in [0.2, 0.25) is 5.91 Å². The molecule has 2 rings (SSSR count). The average Bonchev–Trinajstić information content (AvgIpc) is 2.96. The Morgan fingerprint density at radius 2 is 1.90 bits per heavy atom. The van der Waals surface area contributed by atoms with E-state index in [1.165, 1.54) is 11.8 Å². The van der Waals surface area contributed by atoms with Crippen molar-refractivity contribution < 1.29 is 19.1 Å². The summed E-state index contributed by atoms with van der Waals surface area (Å²) >= 11 is 1.21. The molecule has 1 aromatic carbocycles. The predicted octanol–water partition coefficient (Wildman–Crippen LogP) is 0.972. The van der Waals surface area contributed by atoms with Crippen LogP contribution in [0.25, 0.3) is 0 Å². The number of aliphatic imine (C=N–C) groups is 1. The van der Waals surface area contributed by atoms with E-state index in [9.17, 15) is 14.4 Å². The third-order valence-corrected chi connectivity index (χ3v) is 5.87. The van der Waals surface area contributed by atoms with Crippen LogP contribution in [0.2, 0.25) is 0 Å². The molecule has 2 unspecified atom stereocenters. The van der Waals surface area contributed by atoms with E-state index in [-0.39, 0.29) is 36.7 Å². The molecule has 4 N–H and O–H groups in total. The van der Waals surface area contributed by atoms with E-state index in [2.05, 4.69) is 10.3 Å². The van der Waals surface area contributed by atoms with Gasteiger partial charge in [-0.05, 0) is 26.0 Å². The van der Waals surface area contributed by atoms with Gasteiger partial charge in [0.1, 0.15) is 11.1 Å². The first kappa shape index (κ1) is 22.4. The van der Waals surface area contributed by atoms with Crippen LogP contribution in [0.1, 0.15) is 36.2 Å². The molecular weight excluding hydrogens is 394 g/mol. The molecule has 0 radical (unpaired) electrons. The van der Waals surface area contributed by atoms with E-state index in [0.717, 1.165) is 0 Å². The summed E-state index contributed by atoms with van der Waals surface area (Å²) < 4.78 is 4.83. The van der Waals surface area contributed by atoms with Crippen molar-refractivity contribution in [2.75, 3.05) is 20.2 Å². The standard InChI is InChI=1S/C19H25N5O4S/c1-4-28-14(25)9-10-22-18(27)15-11(2)24(3)19(29-15)23-17(26)13-7-5-12(6-8-13)16(20)21/h5-8,11,15H,4,9-10H2,1-3H3,(H3,20,21)(H,22,27). The van der Waals surface area contributed by atoms with Gasteiger partial charge in [0.05, 0.1) is 13.0 Å². The molecule has 10 heteroatoms. The Hall–Kier alpha value is -2.88. The van der Waals surface area contributed by atoms with Crippen molar-refractivity contribution in [2.24, 2.45) is 10.7 Å². The fourth-order valence-electron chi connectivity index (χ4n) is 2.62. The Balaban J connectivity index is 2.00. The van der Waals surface area contributed by atoms with Crippen molar-refractivity contribution in [3.63, 3.8) is 0 Å². The number of hydrogen-bond donors (Lipinski definition) is 3. The number of nitrogens with two attached hydrogens (primary N) is 1. The monoisotopic (exact) mass is 419 g/mol. The van der Waals surface area contributed by atoms with Crippen LogP contribution in [-0.4, -0.2) is 65.2 Å². The summed E-state index contributed by atoms with van der Waals surface area (Å²) in [6.07, 6.45) is 0.108. The summed E-state index contributed by atoms with van der Waals surface area (Å²) in [6, 6.07) is 6.12. The summed E-state index contributed by atoms with van der Waals surface area (Å²) in [4.78, 5) is 42.2. The van der Waals surface area contributed by atoms with Gasteiger partial charge in [0.15, 0.2) is 5.17 Å². The second-order valence-electron chi connectivity index (χ2n) is 6.43. The lowest BCUT2D eigenvalue weighted by Crippen LogP contribution is -2.41. The zero-order chi connectivity index (χ0) is 21.6. The number of nitrogen functional groups attached to an aromatic ring is 1. The first-order valence-electron chi connectivity index (χ1n) is 9.14. The number of thioether (sulfide) groups is 1. The molecule has 0 bridgehead atoms. The van der Waals surface area contributed by atoms with Crippen molar-refractivity contribution in [2.45, 2.75) is 31.6 Å². The molecule has 1 aliphatic heterocycles. The highest BCUT2D eigenvalue weighted by atomic mass is 32.2. The number of carbonyl (C=O) groups is 3. The average molecular weight is 420 g/mol. The molecule has 0 saturated carbocycles. The van der Waals surface area contributed by atoms with Crippen LogP contribution < -0.4 is 11.1 Å². The number of benzene rings is 1. The van der Waals surface area contributed by atoms with Crippen LogP contribution in [0.15, 0.2) is 29.3 Å². The van der Waals surface area contributed by atoms with E-state index in [1.807, 2.05) is 6.92 Å². The molecule has 1 heterocycles. The van der Waals surface area contributed by atoms with Gasteiger partial charge in [-0.1, -0.05) is 23.9 Å². The Bertz CT molecular complexity index is 824. The first-order valence-corrected chi connectivity index (χ1v) is 10.0. The minimum Gasteiger partial charge on any atom is -0.466 e. The highest BCUT2D eigenvalue weighted by Crippen LogP contribution is 2.31. The third kappa shape index (κ3) is 5.80. The van der Waals surface area contributed by atoms with Crippen molar-refractivity contribution in [3.05, 3.63) is 35.4 Å². The number of carbonyl (C=O) groups excluding carboxylic acids is 3. The summed E-state index contributed by atoms with van der Waals surface area (Å²) in [5.41, 5.74) is 6.30. The van der Waals surface area contributed by atoms with Crippen LogP contribution in [-0.2, 0) is 14.3 Å². The van der Waals surface area contributed by atoms with Crippen LogP contribution in [0, 0.1) is 5.41 Å². The van der Waals surface area contributed by atoms with Gasteiger partial charge in [-0.3, -0.25) is 19.8 Å². The van der Waals surface area contributed by atoms with Gasteiger partial charge in [-0.15, -0.1) is 0 Å². The van der Waals surface area contributed by atoms with E-state index in [1.54, 1.807) is 43.1 Å². The van der Waals surface area contributed by atoms with E-state index in [0.29, 0.717) is 22.9 Å². The second-order valence-corrected chi connectivity index (χ2v) is 7.54. The van der Waals surface area contributed by atoms with Crippen molar-refractivity contribution in [3.8, 4) is 0 Å². The molecular formula is C19H25N5O4S. The molecule has 1 aliphatic rings. The zero-order valence-corrected chi connectivity index (χ0v) is 17.4. The maximum atomic E-state index is 12.5. The van der Waals surface area contributed by atoms with E-state index >= 15 is 0 Å². The van der Waals surface area contributed by atoms with Gasteiger partial charge >= 0.3 is 5.97 Å². The van der Waals surface area contributed by atoms with Crippen LogP contribution >= 0.6 is 11.8 Å². The smallest absolute Gasteiger partial charge is 0.307 e. The molecule has 29 heavy (non-hydrogen) atoms. The molecule has 0 aliphatic carbocycles. The number of nitrogens with zero attached hydrogens (tertiary/aromatic N) is 2. The maximum absolute atomic E-state index is 12.5. The van der Waals surface area contributed by atoms with Crippen molar-refractivity contribution in [1.82, 2.24) is 10.2 Å². The summed E-state index contributed by atoms with van der Waals surface area (Å²) in [7, 11) is 1.77. The predicted molar refractivity (Wildman–Crippen MR) is 112 cm³/mol. The van der Waals surface area contributed by atoms with Gasteiger partial charge < -0.3 is 20.7 Å². The molecule has 156 valence electrons. The van der Waals surface area contributed by atoms with Crippen LogP contribution in [0.4, 0.5) is 0 Å². The molecule has 1 fully saturated rings. The minimum absolute atomic E-state index is 0.0768. The van der Waals surface area contributed by atoms with Gasteiger partial charge in [-0.25, -0.2) is 0 Å². The number of amides is 2. The molecule has 1 saturated heterocycles. The van der Waals surface area contributed by atoms with E-state index < -0.39 is 11.2 Å². The lowest BCUT2D eigenvalue weighted by Gasteiger charge is -2.19. The number of hydrogen-bond acceptors (Lipinski definition) is 6. The number of nitrogens with one attached hydrogen (secondary N) is 2. The Morgan fingerprint density at radius 1 is 1.28 bits per heavy atom. The molecule has 2 amide bonds. The number of ether oxygens (including phenoxy) is 1. The Kier molecular flexibility index (Phi) is 7.77. The van der Waals surface area contributed by atoms with Gasteiger partial charge in [0.25, 0.3) is 5.91 Å². The molecule has 9 nitrogen and oxygen atoms in total. The third-order valence-electron chi connectivity index (χ3n) is 4.42. The normalized spacial score (nSPS) is 19.8. The minimum atomic E-state index is -0.450. The fourth-order valence-corrected chi connectivity index (χ4v) is 3.88. The topological polar surface area (TPSA) is 138 Å². The fraction of sp³-hybridized carbons (Fsp3) is 0.421. The lowest BCUT2D eigenvalue weighted by atomic mass is 10.1. The highest BCUT2D eigenvalue weighted by molar-refractivity contribution is 8.15. The molecule has 1 aromatic rings. The van der Waals surface area contributed by atoms with Gasteiger partial charge in [-0.2, -0.15) is 4.99 Å². The quantitative estimate of drug-likeness (QED) is 0.340. The molecule has 0 aromatic heterocycles. The summed E-state index contributed by atoms with van der Waals surface area (Å²) in [5, 5.41) is 10.1. The first-order chi connectivity index (χ1) is 13.7. The Morgan fingerprint density at radius 3 is 2.48 bits per heavy atom. The number of amidine groups is 2. The molecule has 0 spiro atoms. The largest absolute Gasteiger partial charge is 0.466 e. The zero-order valence-electron chi connectivity index (χ0n) is 16.6. The van der Waals surface area contributed by atoms with Crippen molar-refractivity contribution >= 4 is 40.5 Å². The lowest BCUT2D eigenvalue weighted by molar-refractivity contribution is -0.143. The number of esters is 1. The Labute approximate surface area is 173 Å². The van der Waals surface area contributed by atoms with Crippen LogP contribution in [0.5, 0.6) is 0 Å². The SMILES string of the molecule is CCOC(=O)CCNC(=O)C1SC(=NC(=O)c2ccc(C(=N)N)cc2)N(C)C1C. The second kappa shape index (κ2) is 10.1. The van der Waals surface area contributed by atoms with Gasteiger partial charge in [0, 0.05) is 30.8 Å². The molecule has 2 atom stereocenters. The van der Waals surface area contributed by atoms with Crippen LogP contribution in [0.3, 0.4) is 0 Å². The van der Waals surface area contributed by atoms with E-state index in [4.69, 9.17) is 15.9 Å². The maximum Gasteiger partial charge on any atom is 0.307 e. The number of rotatable bonds is 7.